The minimum absolute atomic E-state index is 0.114. The number of nitrogens with one attached hydrogen (secondary N) is 1. The molecular weight excluding hydrogens is 358 g/mol. The predicted octanol–water partition coefficient (Wildman–Crippen LogP) is 2.60. The van der Waals surface area contributed by atoms with Gasteiger partial charge in [-0.25, -0.2) is 0 Å². The number of ether oxygens (including phenoxy) is 1. The first-order valence-electron chi connectivity index (χ1n) is 9.23. The molecule has 0 radical (unpaired) electrons. The van der Waals surface area contributed by atoms with Gasteiger partial charge in [0.1, 0.15) is 0 Å². The Morgan fingerprint density at radius 2 is 1.96 bits per heavy atom. The topological polar surface area (TPSA) is 102 Å². The molecule has 1 unspecified atom stereocenters. The quantitative estimate of drug-likeness (QED) is 0.628. The van der Waals surface area contributed by atoms with Crippen molar-refractivity contribution >= 4 is 29.1 Å². The van der Waals surface area contributed by atoms with Crippen molar-refractivity contribution in [2.75, 3.05) is 24.2 Å². The molecule has 2 heterocycles. The Bertz CT molecular complexity index is 980. The maximum atomic E-state index is 12.7. The molecule has 0 saturated carbocycles. The number of carbonyl (C=O) groups excluding carboxylic acids is 3. The average molecular weight is 379 g/mol. The summed E-state index contributed by atoms with van der Waals surface area (Å²) in [6, 6.07) is 9.81. The van der Waals surface area contributed by atoms with E-state index in [1.807, 2.05) is 13.0 Å². The molecule has 0 bridgehead atoms. The zero-order valence-electron chi connectivity index (χ0n) is 15.5. The number of fused-ring (bicyclic) bond motifs is 1. The standard InChI is InChI=1S/C21H21N3O4/c1-12-4-6-14(22)10-18(12)23-19(25)13-5-7-16-17(9-13)21(27)24(20(16)26)11-15-3-2-8-28-15/h4-7,9-10,15H,2-3,8,11,22H2,1H3,(H,23,25). The summed E-state index contributed by atoms with van der Waals surface area (Å²) in [5, 5.41) is 2.81. The van der Waals surface area contributed by atoms with Crippen molar-refractivity contribution < 1.29 is 19.1 Å². The second-order valence-electron chi connectivity index (χ2n) is 7.14. The molecule has 0 spiro atoms. The van der Waals surface area contributed by atoms with Crippen LogP contribution in [0.1, 0.15) is 49.5 Å². The fourth-order valence-electron chi connectivity index (χ4n) is 3.56. The Labute approximate surface area is 162 Å². The van der Waals surface area contributed by atoms with E-state index in [0.717, 1.165) is 18.4 Å². The Morgan fingerprint density at radius 1 is 1.18 bits per heavy atom. The lowest BCUT2D eigenvalue weighted by Crippen LogP contribution is -2.36. The van der Waals surface area contributed by atoms with Crippen LogP contribution in [0.25, 0.3) is 0 Å². The van der Waals surface area contributed by atoms with Crippen molar-refractivity contribution in [1.82, 2.24) is 4.90 Å². The molecule has 2 aromatic rings. The molecule has 0 aliphatic carbocycles. The number of carbonyl (C=O) groups is 3. The number of anilines is 2. The third-order valence-electron chi connectivity index (χ3n) is 5.15. The van der Waals surface area contributed by atoms with Crippen LogP contribution in [0.5, 0.6) is 0 Å². The molecule has 144 valence electrons. The SMILES string of the molecule is Cc1ccc(N)cc1NC(=O)c1ccc2c(c1)C(=O)N(CC1CCCO1)C2=O. The van der Waals surface area contributed by atoms with Crippen LogP contribution in [0.3, 0.4) is 0 Å². The van der Waals surface area contributed by atoms with Crippen molar-refractivity contribution in [2.45, 2.75) is 25.9 Å². The highest BCUT2D eigenvalue weighted by Gasteiger charge is 2.37. The summed E-state index contributed by atoms with van der Waals surface area (Å²) in [7, 11) is 0. The molecule has 28 heavy (non-hydrogen) atoms. The number of amides is 3. The summed E-state index contributed by atoms with van der Waals surface area (Å²) in [5.41, 5.74) is 8.68. The fraction of sp³-hybridized carbons (Fsp3) is 0.286. The van der Waals surface area contributed by atoms with Gasteiger partial charge in [-0.05, 0) is 55.7 Å². The minimum Gasteiger partial charge on any atom is -0.399 e. The highest BCUT2D eigenvalue weighted by Crippen LogP contribution is 2.27. The van der Waals surface area contributed by atoms with Crippen LogP contribution >= 0.6 is 0 Å². The summed E-state index contributed by atoms with van der Waals surface area (Å²) in [5.74, 6) is -1.09. The fourth-order valence-corrected chi connectivity index (χ4v) is 3.56. The predicted molar refractivity (Wildman–Crippen MR) is 104 cm³/mol. The Morgan fingerprint density at radius 3 is 2.71 bits per heavy atom. The Kier molecular flexibility index (Phi) is 4.60. The van der Waals surface area contributed by atoms with E-state index >= 15 is 0 Å². The van der Waals surface area contributed by atoms with Gasteiger partial charge in [-0.3, -0.25) is 19.3 Å². The van der Waals surface area contributed by atoms with Crippen LogP contribution in [0.15, 0.2) is 36.4 Å². The lowest BCUT2D eigenvalue weighted by Gasteiger charge is -2.17. The van der Waals surface area contributed by atoms with Gasteiger partial charge < -0.3 is 15.8 Å². The number of imide groups is 1. The third kappa shape index (κ3) is 3.25. The number of hydrogen-bond donors (Lipinski definition) is 2. The molecule has 2 aliphatic heterocycles. The van der Waals surface area contributed by atoms with Gasteiger partial charge >= 0.3 is 0 Å². The number of hydrogen-bond acceptors (Lipinski definition) is 5. The largest absolute Gasteiger partial charge is 0.399 e. The van der Waals surface area contributed by atoms with E-state index in [1.165, 1.54) is 17.0 Å². The summed E-state index contributed by atoms with van der Waals surface area (Å²) in [6.45, 7) is 2.76. The Balaban J connectivity index is 1.55. The van der Waals surface area contributed by atoms with Gasteiger partial charge in [-0.2, -0.15) is 0 Å². The first kappa shape index (κ1) is 18.2. The number of aryl methyl sites for hydroxylation is 1. The van der Waals surface area contributed by atoms with Crippen LogP contribution in [0, 0.1) is 6.92 Å². The van der Waals surface area contributed by atoms with E-state index in [1.54, 1.807) is 18.2 Å². The second-order valence-corrected chi connectivity index (χ2v) is 7.14. The van der Waals surface area contributed by atoms with E-state index in [-0.39, 0.29) is 35.9 Å². The zero-order chi connectivity index (χ0) is 19.8. The van der Waals surface area contributed by atoms with Gasteiger partial charge in [0.2, 0.25) is 0 Å². The summed E-state index contributed by atoms with van der Waals surface area (Å²) < 4.78 is 5.54. The van der Waals surface area contributed by atoms with Crippen molar-refractivity contribution in [3.63, 3.8) is 0 Å². The van der Waals surface area contributed by atoms with Crippen LogP contribution < -0.4 is 11.1 Å². The maximum Gasteiger partial charge on any atom is 0.261 e. The van der Waals surface area contributed by atoms with E-state index in [0.29, 0.717) is 29.1 Å². The molecule has 1 fully saturated rings. The van der Waals surface area contributed by atoms with Gasteiger partial charge in [-0.1, -0.05) is 6.07 Å². The summed E-state index contributed by atoms with van der Waals surface area (Å²) >= 11 is 0. The molecular formula is C21H21N3O4. The third-order valence-corrected chi connectivity index (χ3v) is 5.15. The van der Waals surface area contributed by atoms with Gasteiger partial charge in [0.15, 0.2) is 0 Å². The number of nitrogens with zero attached hydrogens (tertiary/aromatic N) is 1. The molecule has 4 rings (SSSR count). The van der Waals surface area contributed by atoms with Crippen LogP contribution in [0.4, 0.5) is 11.4 Å². The monoisotopic (exact) mass is 379 g/mol. The number of rotatable bonds is 4. The van der Waals surface area contributed by atoms with E-state index in [2.05, 4.69) is 5.32 Å². The Hall–Kier alpha value is -3.19. The zero-order valence-corrected chi connectivity index (χ0v) is 15.5. The lowest BCUT2D eigenvalue weighted by atomic mass is 10.0. The highest BCUT2D eigenvalue weighted by atomic mass is 16.5. The van der Waals surface area contributed by atoms with Crippen molar-refractivity contribution in [2.24, 2.45) is 0 Å². The van der Waals surface area contributed by atoms with E-state index in [4.69, 9.17) is 10.5 Å². The van der Waals surface area contributed by atoms with Crippen molar-refractivity contribution in [3.8, 4) is 0 Å². The van der Waals surface area contributed by atoms with Crippen molar-refractivity contribution in [3.05, 3.63) is 58.7 Å². The molecule has 0 aromatic heterocycles. The normalized spacial score (nSPS) is 18.5. The molecule has 1 saturated heterocycles. The number of benzene rings is 2. The molecule has 3 N–H and O–H groups in total. The van der Waals surface area contributed by atoms with E-state index in [9.17, 15) is 14.4 Å². The smallest absolute Gasteiger partial charge is 0.261 e. The van der Waals surface area contributed by atoms with Crippen LogP contribution in [0.2, 0.25) is 0 Å². The van der Waals surface area contributed by atoms with Gasteiger partial charge in [0.05, 0.1) is 23.8 Å². The minimum atomic E-state index is -0.384. The maximum absolute atomic E-state index is 12.7. The number of nitrogen functional groups attached to an aromatic ring is 1. The molecule has 2 aliphatic rings. The summed E-state index contributed by atoms with van der Waals surface area (Å²) in [6.07, 6.45) is 1.65. The molecule has 2 aromatic carbocycles. The molecule has 1 atom stereocenters. The van der Waals surface area contributed by atoms with Crippen LogP contribution in [-0.2, 0) is 4.74 Å². The number of nitrogens with two attached hydrogens (primary N) is 1. The first-order valence-corrected chi connectivity index (χ1v) is 9.23. The lowest BCUT2D eigenvalue weighted by molar-refractivity contribution is 0.0475. The highest BCUT2D eigenvalue weighted by molar-refractivity contribution is 6.22. The molecule has 3 amide bonds. The second kappa shape index (κ2) is 7.09. The first-order chi connectivity index (χ1) is 13.4. The van der Waals surface area contributed by atoms with E-state index < -0.39 is 0 Å². The molecule has 7 heteroatoms. The average Bonchev–Trinajstić information content (AvgIpc) is 3.27. The van der Waals surface area contributed by atoms with Crippen molar-refractivity contribution in [1.29, 1.82) is 0 Å². The van der Waals surface area contributed by atoms with Crippen LogP contribution in [-0.4, -0.2) is 41.9 Å². The summed E-state index contributed by atoms with van der Waals surface area (Å²) in [4.78, 5) is 39.2. The van der Waals surface area contributed by atoms with Gasteiger partial charge in [-0.15, -0.1) is 0 Å². The molecule has 7 nitrogen and oxygen atoms in total. The van der Waals surface area contributed by atoms with Gasteiger partial charge in [0.25, 0.3) is 17.7 Å². The van der Waals surface area contributed by atoms with Gasteiger partial charge in [0, 0.05) is 23.5 Å².